The van der Waals surface area contributed by atoms with Crippen LogP contribution in [0.4, 0.5) is 0 Å². The van der Waals surface area contributed by atoms with Crippen LogP contribution in [0.5, 0.6) is 5.75 Å². The highest BCUT2D eigenvalue weighted by Crippen LogP contribution is 2.24. The molecule has 0 unspecified atom stereocenters. The Kier molecular flexibility index (Phi) is 6.83. The molecule has 7 heteroatoms. The molecule has 1 saturated heterocycles. The van der Waals surface area contributed by atoms with Crippen LogP contribution in [0, 0.1) is 13.8 Å². The number of hydrogen-bond acceptors (Lipinski definition) is 5. The maximum atomic E-state index is 13.1. The Labute approximate surface area is 178 Å². The summed E-state index contributed by atoms with van der Waals surface area (Å²) in [5.41, 5.74) is 3.36. The zero-order valence-corrected chi connectivity index (χ0v) is 18.7. The summed E-state index contributed by atoms with van der Waals surface area (Å²) in [6.45, 7) is 6.38. The van der Waals surface area contributed by atoms with E-state index in [1.807, 2.05) is 32.0 Å². The number of rotatable bonds is 7. The van der Waals surface area contributed by atoms with Gasteiger partial charge < -0.3 is 14.4 Å². The summed E-state index contributed by atoms with van der Waals surface area (Å²) in [6, 6.07) is 13.0. The molecule has 1 heterocycles. The third-order valence-corrected chi connectivity index (χ3v) is 7.09. The Morgan fingerprint density at radius 2 is 1.83 bits per heavy atom. The average Bonchev–Trinajstić information content (AvgIpc) is 3.12. The van der Waals surface area contributed by atoms with Gasteiger partial charge in [-0.3, -0.25) is 4.79 Å². The van der Waals surface area contributed by atoms with E-state index in [-0.39, 0.29) is 29.6 Å². The Hall–Kier alpha value is -2.38. The number of sulfone groups is 1. The van der Waals surface area contributed by atoms with Crippen LogP contribution in [0.3, 0.4) is 0 Å². The number of benzene rings is 2. The molecule has 1 fully saturated rings. The predicted octanol–water partition coefficient (Wildman–Crippen LogP) is 3.16. The number of methoxy groups -OCH3 is 1. The highest BCUT2D eigenvalue weighted by molar-refractivity contribution is 7.90. The van der Waals surface area contributed by atoms with Crippen LogP contribution in [0.25, 0.3) is 0 Å². The molecule has 162 valence electrons. The molecule has 1 aliphatic rings. The van der Waals surface area contributed by atoms with Gasteiger partial charge in [-0.05, 0) is 43.2 Å². The Morgan fingerprint density at radius 1 is 1.10 bits per heavy atom. The van der Waals surface area contributed by atoms with Crippen LogP contribution in [0.2, 0.25) is 0 Å². The molecule has 2 aromatic rings. The lowest BCUT2D eigenvalue weighted by molar-refractivity contribution is 0.0339. The molecule has 0 saturated carbocycles. The van der Waals surface area contributed by atoms with Gasteiger partial charge in [0, 0.05) is 18.4 Å². The van der Waals surface area contributed by atoms with E-state index >= 15 is 0 Å². The normalized spacial score (nSPS) is 19.1. The van der Waals surface area contributed by atoms with E-state index in [0.29, 0.717) is 30.0 Å². The summed E-state index contributed by atoms with van der Waals surface area (Å²) in [7, 11) is -1.52. The first kappa shape index (κ1) is 22.3. The second-order valence-electron chi connectivity index (χ2n) is 7.78. The van der Waals surface area contributed by atoms with Crippen molar-refractivity contribution < 1.29 is 22.7 Å². The van der Waals surface area contributed by atoms with Gasteiger partial charge in [0.2, 0.25) is 0 Å². The smallest absolute Gasteiger partial charge is 0.254 e. The van der Waals surface area contributed by atoms with Gasteiger partial charge >= 0.3 is 0 Å². The van der Waals surface area contributed by atoms with E-state index in [9.17, 15) is 13.2 Å². The van der Waals surface area contributed by atoms with Gasteiger partial charge in [-0.1, -0.05) is 36.8 Å². The van der Waals surface area contributed by atoms with Gasteiger partial charge in [0.05, 0.1) is 18.8 Å². The van der Waals surface area contributed by atoms with Crippen molar-refractivity contribution >= 4 is 15.7 Å². The van der Waals surface area contributed by atoms with Crippen molar-refractivity contribution in [1.29, 1.82) is 0 Å². The second-order valence-corrected chi connectivity index (χ2v) is 10.1. The van der Waals surface area contributed by atoms with E-state index in [1.165, 1.54) is 0 Å². The van der Waals surface area contributed by atoms with Crippen LogP contribution in [-0.2, 0) is 20.3 Å². The highest BCUT2D eigenvalue weighted by atomic mass is 32.2. The van der Waals surface area contributed by atoms with Crippen LogP contribution in [-0.4, -0.2) is 57.4 Å². The van der Waals surface area contributed by atoms with Gasteiger partial charge in [-0.15, -0.1) is 0 Å². The summed E-state index contributed by atoms with van der Waals surface area (Å²) in [6.07, 6.45) is -0.593. The lowest BCUT2D eigenvalue weighted by atomic mass is 10.0. The SMILES string of the molecule is CCS(=O)(=O)Cc1cccc(O[C@@H]2CN(C(=O)c3cc(C)ccc3C)C[C@H]2OC)c1. The van der Waals surface area contributed by atoms with Crippen LogP contribution < -0.4 is 4.74 Å². The first-order valence-electron chi connectivity index (χ1n) is 10.1. The monoisotopic (exact) mass is 431 g/mol. The van der Waals surface area contributed by atoms with Crippen molar-refractivity contribution in [1.82, 2.24) is 4.90 Å². The minimum Gasteiger partial charge on any atom is -0.486 e. The molecule has 1 amide bonds. The number of nitrogens with zero attached hydrogens (tertiary/aromatic N) is 1. The van der Waals surface area contributed by atoms with Crippen LogP contribution >= 0.6 is 0 Å². The number of ether oxygens (including phenoxy) is 2. The standard InChI is InChI=1S/C23H29NO5S/c1-5-30(26,27)15-18-7-6-8-19(12-18)29-22-14-24(13-21(22)28-4)23(25)20-11-16(2)9-10-17(20)3/h6-12,21-22H,5,13-15H2,1-4H3/t21-,22-/m1/s1. The van der Waals surface area contributed by atoms with Crippen molar-refractivity contribution in [3.63, 3.8) is 0 Å². The molecule has 0 spiro atoms. The number of carbonyl (C=O) groups excluding carboxylic acids is 1. The number of hydrogen-bond donors (Lipinski definition) is 0. The van der Waals surface area contributed by atoms with E-state index in [1.54, 1.807) is 43.2 Å². The van der Waals surface area contributed by atoms with Crippen molar-refractivity contribution in [2.24, 2.45) is 0 Å². The molecule has 2 aromatic carbocycles. The van der Waals surface area contributed by atoms with Crippen molar-refractivity contribution in [3.05, 3.63) is 64.7 Å². The van der Waals surface area contributed by atoms with Gasteiger partial charge in [0.15, 0.2) is 9.84 Å². The molecule has 0 aromatic heterocycles. The molecule has 30 heavy (non-hydrogen) atoms. The van der Waals surface area contributed by atoms with Gasteiger partial charge in [0.25, 0.3) is 5.91 Å². The molecule has 0 radical (unpaired) electrons. The Bertz CT molecular complexity index is 1020. The highest BCUT2D eigenvalue weighted by Gasteiger charge is 2.37. The molecule has 0 aliphatic carbocycles. The van der Waals surface area contributed by atoms with E-state index in [4.69, 9.17) is 9.47 Å². The summed E-state index contributed by atoms with van der Waals surface area (Å²) < 4.78 is 35.5. The summed E-state index contributed by atoms with van der Waals surface area (Å²) in [5, 5.41) is 0. The van der Waals surface area contributed by atoms with E-state index < -0.39 is 9.84 Å². The largest absolute Gasteiger partial charge is 0.486 e. The number of aryl methyl sites for hydroxylation is 2. The second kappa shape index (κ2) is 9.18. The predicted molar refractivity (Wildman–Crippen MR) is 117 cm³/mol. The molecular weight excluding hydrogens is 402 g/mol. The maximum absolute atomic E-state index is 13.1. The number of amides is 1. The lowest BCUT2D eigenvalue weighted by Crippen LogP contribution is -2.32. The number of likely N-dealkylation sites (tertiary alicyclic amines) is 1. The zero-order valence-electron chi connectivity index (χ0n) is 17.9. The van der Waals surface area contributed by atoms with Gasteiger partial charge in [0.1, 0.15) is 18.0 Å². The maximum Gasteiger partial charge on any atom is 0.254 e. The Morgan fingerprint density at radius 3 is 2.53 bits per heavy atom. The first-order valence-corrected chi connectivity index (χ1v) is 11.9. The van der Waals surface area contributed by atoms with Crippen LogP contribution in [0.1, 0.15) is 34.0 Å². The molecule has 6 nitrogen and oxygen atoms in total. The molecule has 2 atom stereocenters. The minimum absolute atomic E-state index is 0.0175. The van der Waals surface area contributed by atoms with Crippen molar-refractivity contribution in [3.8, 4) is 5.75 Å². The summed E-state index contributed by atoms with van der Waals surface area (Å²) in [5.74, 6) is 0.622. The van der Waals surface area contributed by atoms with Crippen molar-refractivity contribution in [2.45, 2.75) is 38.7 Å². The lowest BCUT2D eigenvalue weighted by Gasteiger charge is -2.19. The van der Waals surface area contributed by atoms with E-state index in [0.717, 1.165) is 11.1 Å². The molecule has 3 rings (SSSR count). The van der Waals surface area contributed by atoms with Gasteiger partial charge in [-0.25, -0.2) is 8.42 Å². The third-order valence-electron chi connectivity index (χ3n) is 5.44. The average molecular weight is 432 g/mol. The van der Waals surface area contributed by atoms with E-state index in [2.05, 4.69) is 0 Å². The fraction of sp³-hybridized carbons (Fsp3) is 0.435. The summed E-state index contributed by atoms with van der Waals surface area (Å²) >= 11 is 0. The fourth-order valence-corrected chi connectivity index (χ4v) is 4.52. The molecular formula is C23H29NO5S. The van der Waals surface area contributed by atoms with Crippen LogP contribution in [0.15, 0.2) is 42.5 Å². The third kappa shape index (κ3) is 5.21. The fourth-order valence-electron chi connectivity index (χ4n) is 3.63. The minimum atomic E-state index is -3.12. The van der Waals surface area contributed by atoms with Crippen molar-refractivity contribution in [2.75, 3.05) is 26.0 Å². The zero-order chi connectivity index (χ0) is 21.9. The topological polar surface area (TPSA) is 72.9 Å². The molecule has 0 N–H and O–H groups in total. The molecule has 1 aliphatic heterocycles. The molecule has 0 bridgehead atoms. The quantitative estimate of drug-likeness (QED) is 0.673. The first-order chi connectivity index (χ1) is 14.2. The Balaban J connectivity index is 1.74. The number of carbonyl (C=O) groups is 1. The van der Waals surface area contributed by atoms with Gasteiger partial charge in [-0.2, -0.15) is 0 Å². The summed E-state index contributed by atoms with van der Waals surface area (Å²) in [4.78, 5) is 14.8.